The molecule has 4 rings (SSSR count). The van der Waals surface area contributed by atoms with E-state index in [9.17, 15) is 0 Å². The fourth-order valence-corrected chi connectivity index (χ4v) is 3.60. The number of hydrogen-bond donors (Lipinski definition) is 0. The molecule has 0 saturated heterocycles. The van der Waals surface area contributed by atoms with Crippen molar-refractivity contribution < 1.29 is 12.3 Å². The predicted molar refractivity (Wildman–Crippen MR) is 118 cm³/mol. The first kappa shape index (κ1) is 10.0. The van der Waals surface area contributed by atoms with Gasteiger partial charge in [-0.05, 0) is 83.3 Å². The minimum absolute atomic E-state index is 0.0313. The lowest BCUT2D eigenvalue weighted by atomic mass is 9.82. The molecule has 1 heteroatoms. The number of benzene rings is 3. The topological polar surface area (TPSA) is 12.9 Å². The van der Waals surface area contributed by atoms with Gasteiger partial charge in [-0.3, -0.25) is 0 Å². The molecule has 27 heavy (non-hydrogen) atoms. The zero-order valence-electron chi connectivity index (χ0n) is 24.6. The average molecular weight is 363 g/mol. The number of aromatic nitrogens is 1. The van der Waals surface area contributed by atoms with Crippen LogP contribution < -0.4 is 0 Å². The highest BCUT2D eigenvalue weighted by Gasteiger charge is 2.19. The summed E-state index contributed by atoms with van der Waals surface area (Å²) in [5.74, 6) is 0. The zero-order chi connectivity index (χ0) is 26.8. The van der Waals surface area contributed by atoms with Gasteiger partial charge < -0.3 is 0 Å². The largest absolute Gasteiger partial charge is 0.248 e. The fourth-order valence-electron chi connectivity index (χ4n) is 3.60. The first-order valence-corrected chi connectivity index (χ1v) is 8.91. The Kier molecular flexibility index (Phi) is 2.30. The Labute approximate surface area is 174 Å². The lowest BCUT2D eigenvalue weighted by Crippen LogP contribution is -2.12. The molecule has 0 aliphatic rings. The van der Waals surface area contributed by atoms with Gasteiger partial charge in [-0.25, -0.2) is 4.98 Å². The summed E-state index contributed by atoms with van der Waals surface area (Å²) in [6.45, 7) is -1.71. The van der Waals surface area contributed by atoms with E-state index in [1.165, 1.54) is 12.1 Å². The van der Waals surface area contributed by atoms with E-state index in [0.29, 0.717) is 11.3 Å². The summed E-state index contributed by atoms with van der Waals surface area (Å²) in [5, 5.41) is 1.97. The number of hydrogen-bond acceptors (Lipinski definition) is 1. The molecule has 0 N–H and O–H groups in total. The van der Waals surface area contributed by atoms with Crippen molar-refractivity contribution in [2.75, 3.05) is 0 Å². The Morgan fingerprint density at radius 3 is 2.37 bits per heavy atom. The van der Waals surface area contributed by atoms with E-state index in [1.807, 2.05) is 36.4 Å². The third-order valence-corrected chi connectivity index (χ3v) is 4.87. The zero-order valence-corrected chi connectivity index (χ0v) is 15.6. The predicted octanol–water partition coefficient (Wildman–Crippen LogP) is 7.28. The third-order valence-electron chi connectivity index (χ3n) is 4.87. The standard InChI is InChI=1S/C26H27N/c1-16-11-17(2)25-18(3)13-23(27-24(25)12-16)20-14-19-9-7-8-10-21(19)22(15-20)26(4,5)6/h7-15H,1-6H3/i1D3,2D3,3D3. The van der Waals surface area contributed by atoms with Gasteiger partial charge in [-0.1, -0.05) is 51.1 Å². The van der Waals surface area contributed by atoms with E-state index in [1.54, 1.807) is 0 Å². The first-order valence-electron chi connectivity index (χ1n) is 13.4. The molecular formula is C26H27N. The molecule has 0 bridgehead atoms. The maximum atomic E-state index is 8.18. The summed E-state index contributed by atoms with van der Waals surface area (Å²) in [5.41, 5.74) is 1.17. The van der Waals surface area contributed by atoms with E-state index in [2.05, 4.69) is 25.8 Å². The van der Waals surface area contributed by atoms with Gasteiger partial charge in [0.05, 0.1) is 11.2 Å². The molecule has 0 unspecified atom stereocenters. The molecule has 1 heterocycles. The van der Waals surface area contributed by atoms with Crippen molar-refractivity contribution in [2.24, 2.45) is 0 Å². The molecule has 1 aromatic heterocycles. The molecule has 0 spiro atoms. The van der Waals surface area contributed by atoms with Gasteiger partial charge >= 0.3 is 0 Å². The van der Waals surface area contributed by atoms with Crippen molar-refractivity contribution >= 4 is 21.7 Å². The van der Waals surface area contributed by atoms with Crippen LogP contribution in [0.5, 0.6) is 0 Å². The second-order valence-corrected chi connectivity index (χ2v) is 7.97. The molecule has 1 nitrogen and oxygen atoms in total. The summed E-state index contributed by atoms with van der Waals surface area (Å²) in [6, 6.07) is 15.5. The second kappa shape index (κ2) is 6.20. The first-order chi connectivity index (χ1) is 16.4. The van der Waals surface area contributed by atoms with Crippen molar-refractivity contribution in [3.63, 3.8) is 0 Å². The molecule has 0 radical (unpaired) electrons. The quantitative estimate of drug-likeness (QED) is 0.347. The molecular weight excluding hydrogens is 326 g/mol. The van der Waals surface area contributed by atoms with Gasteiger partial charge in [0.25, 0.3) is 0 Å². The Hall–Kier alpha value is -2.67. The Morgan fingerprint density at radius 1 is 0.852 bits per heavy atom. The van der Waals surface area contributed by atoms with Crippen LogP contribution in [0.2, 0.25) is 0 Å². The van der Waals surface area contributed by atoms with Crippen molar-refractivity contribution in [1.82, 2.24) is 4.98 Å². The Balaban J connectivity index is 2.15. The molecule has 0 saturated carbocycles. The smallest absolute Gasteiger partial charge is 0.0717 e. The van der Waals surface area contributed by atoms with E-state index < -0.39 is 20.6 Å². The number of fused-ring (bicyclic) bond motifs is 2. The van der Waals surface area contributed by atoms with Crippen LogP contribution in [0.1, 0.15) is 55.4 Å². The summed E-state index contributed by atoms with van der Waals surface area (Å²) in [7, 11) is 0. The molecule has 0 fully saturated rings. The van der Waals surface area contributed by atoms with Gasteiger partial charge in [-0.15, -0.1) is 0 Å². The Morgan fingerprint density at radius 2 is 1.63 bits per heavy atom. The van der Waals surface area contributed by atoms with E-state index in [4.69, 9.17) is 12.3 Å². The van der Waals surface area contributed by atoms with Crippen LogP contribution in [-0.4, -0.2) is 4.98 Å². The molecule has 0 aliphatic heterocycles. The molecule has 3 aromatic carbocycles. The lowest BCUT2D eigenvalue weighted by molar-refractivity contribution is 0.596. The van der Waals surface area contributed by atoms with Gasteiger partial charge in [0.2, 0.25) is 0 Å². The molecule has 4 aromatic rings. The number of pyridine rings is 1. The van der Waals surface area contributed by atoms with Gasteiger partial charge in [0.1, 0.15) is 0 Å². The third kappa shape index (κ3) is 3.12. The minimum Gasteiger partial charge on any atom is -0.248 e. The van der Waals surface area contributed by atoms with E-state index in [-0.39, 0.29) is 33.0 Å². The van der Waals surface area contributed by atoms with Crippen LogP contribution >= 0.6 is 0 Å². The van der Waals surface area contributed by atoms with Gasteiger partial charge in [0.15, 0.2) is 0 Å². The van der Waals surface area contributed by atoms with Crippen LogP contribution in [0, 0.1) is 20.6 Å². The van der Waals surface area contributed by atoms with Crippen molar-refractivity contribution in [3.05, 3.63) is 76.9 Å². The lowest BCUT2D eigenvalue weighted by Gasteiger charge is -2.23. The monoisotopic (exact) mass is 362 g/mol. The summed E-state index contributed by atoms with van der Waals surface area (Å²) >= 11 is 0. The summed E-state index contributed by atoms with van der Waals surface area (Å²) in [6.07, 6.45) is 0. The van der Waals surface area contributed by atoms with Gasteiger partial charge in [-0.2, -0.15) is 0 Å². The Bertz CT molecular complexity index is 1470. The fraction of sp³-hybridized carbons (Fsp3) is 0.269. The average Bonchev–Trinajstić information content (AvgIpc) is 2.74. The maximum Gasteiger partial charge on any atom is 0.0717 e. The number of nitrogens with zero attached hydrogens (tertiary/aromatic N) is 1. The van der Waals surface area contributed by atoms with Gasteiger partial charge in [0, 0.05) is 23.3 Å². The van der Waals surface area contributed by atoms with E-state index >= 15 is 0 Å². The number of rotatable bonds is 1. The normalized spacial score (nSPS) is 18.4. The molecule has 0 aliphatic carbocycles. The van der Waals surface area contributed by atoms with Crippen molar-refractivity contribution in [2.45, 2.75) is 46.7 Å². The van der Waals surface area contributed by atoms with Crippen LogP contribution in [0.3, 0.4) is 0 Å². The second-order valence-electron chi connectivity index (χ2n) is 7.97. The highest BCUT2D eigenvalue weighted by molar-refractivity contribution is 5.93. The summed E-state index contributed by atoms with van der Waals surface area (Å²) in [4.78, 5) is 4.65. The van der Waals surface area contributed by atoms with Crippen LogP contribution in [-0.2, 0) is 5.41 Å². The highest BCUT2D eigenvalue weighted by atomic mass is 14.7. The number of aryl methyl sites for hydroxylation is 3. The molecule has 0 amide bonds. The van der Waals surface area contributed by atoms with Crippen LogP contribution in [0.4, 0.5) is 0 Å². The van der Waals surface area contributed by atoms with Crippen LogP contribution in [0.25, 0.3) is 32.9 Å². The molecule has 0 atom stereocenters. The molecule has 136 valence electrons. The SMILES string of the molecule is [2H]C([2H])([2H])c1cc(C([2H])([2H])[2H])c2c(C([2H])([2H])[2H])cc(-c3cc(C(C)(C)C)c4ccccc4c3)nc2c1. The highest BCUT2D eigenvalue weighted by Crippen LogP contribution is 2.35. The van der Waals surface area contributed by atoms with Crippen LogP contribution in [0.15, 0.2) is 54.6 Å². The van der Waals surface area contributed by atoms with Crippen molar-refractivity contribution in [1.29, 1.82) is 0 Å². The van der Waals surface area contributed by atoms with Crippen molar-refractivity contribution in [3.8, 4) is 11.3 Å². The summed E-state index contributed by atoms with van der Waals surface area (Å²) < 4.78 is 72.1. The minimum atomic E-state index is -2.73. The maximum absolute atomic E-state index is 8.18. The van der Waals surface area contributed by atoms with E-state index in [0.717, 1.165) is 22.4 Å².